The predicted molar refractivity (Wildman–Crippen MR) is 126 cm³/mol. The van der Waals surface area contributed by atoms with Crippen LogP contribution in [0.3, 0.4) is 0 Å². The van der Waals surface area contributed by atoms with Crippen LogP contribution >= 0.6 is 0 Å². The summed E-state index contributed by atoms with van der Waals surface area (Å²) in [6, 6.07) is 14.8. The highest BCUT2D eigenvalue weighted by Crippen LogP contribution is 2.44. The van der Waals surface area contributed by atoms with Crippen molar-refractivity contribution in [2.24, 2.45) is 5.92 Å². The van der Waals surface area contributed by atoms with Gasteiger partial charge in [0.05, 0.1) is 6.42 Å². The summed E-state index contributed by atoms with van der Waals surface area (Å²) in [5.41, 5.74) is 4.51. The van der Waals surface area contributed by atoms with Crippen molar-refractivity contribution >= 4 is 18.0 Å². The Morgan fingerprint density at radius 1 is 0.970 bits per heavy atom. The van der Waals surface area contributed by atoms with E-state index in [1.165, 1.54) is 0 Å². The van der Waals surface area contributed by atoms with Crippen LogP contribution in [-0.2, 0) is 14.3 Å². The lowest BCUT2D eigenvalue weighted by Crippen LogP contribution is -2.50. The second kappa shape index (κ2) is 11.0. The number of hydrogen-bond acceptors (Lipinski definition) is 4. The molecule has 0 bridgehead atoms. The monoisotopic (exact) mass is 452 g/mol. The summed E-state index contributed by atoms with van der Waals surface area (Å²) in [4.78, 5) is 36.3. The molecule has 33 heavy (non-hydrogen) atoms. The van der Waals surface area contributed by atoms with E-state index < -0.39 is 30.1 Å². The molecule has 0 aliphatic heterocycles. The molecule has 2 amide bonds. The molecule has 3 rings (SSSR count). The molecule has 3 unspecified atom stereocenters. The number of fused-ring (bicyclic) bond motifs is 3. The van der Waals surface area contributed by atoms with Crippen molar-refractivity contribution in [1.82, 2.24) is 10.6 Å². The number of nitrogens with one attached hydrogen (secondary N) is 2. The summed E-state index contributed by atoms with van der Waals surface area (Å²) in [5, 5.41) is 14.3. The molecule has 1 aliphatic rings. The summed E-state index contributed by atoms with van der Waals surface area (Å²) in [5.74, 6) is -1.27. The smallest absolute Gasteiger partial charge is 0.407 e. The van der Waals surface area contributed by atoms with E-state index >= 15 is 0 Å². The van der Waals surface area contributed by atoms with Crippen LogP contribution in [0, 0.1) is 5.92 Å². The van der Waals surface area contributed by atoms with Gasteiger partial charge in [-0.05, 0) is 41.5 Å². The highest BCUT2D eigenvalue weighted by atomic mass is 16.5. The van der Waals surface area contributed by atoms with E-state index in [4.69, 9.17) is 9.84 Å². The van der Waals surface area contributed by atoms with Crippen LogP contribution in [-0.4, -0.2) is 41.8 Å². The van der Waals surface area contributed by atoms with Crippen LogP contribution in [0.25, 0.3) is 11.1 Å². The standard InChI is InChI=1S/C26H32N2O5/c1-4-16(2)13-23(25(31)27-17(3)14-24(29)30)28-26(32)33-15-22-20-11-7-5-9-18(20)19-10-6-8-12-21(19)22/h5-12,16-17,22-23H,4,13-15H2,1-3H3,(H,27,31)(H,28,32)(H,29,30). The zero-order chi connectivity index (χ0) is 24.0. The van der Waals surface area contributed by atoms with Gasteiger partial charge in [-0.1, -0.05) is 68.8 Å². The molecule has 0 heterocycles. The molecule has 0 saturated carbocycles. The van der Waals surface area contributed by atoms with E-state index in [1.807, 2.05) is 50.2 Å². The first kappa shape index (κ1) is 24.3. The number of ether oxygens (including phenoxy) is 1. The SMILES string of the molecule is CCC(C)CC(NC(=O)OCC1c2ccccc2-c2ccccc21)C(=O)NC(C)CC(=O)O. The number of benzene rings is 2. The van der Waals surface area contributed by atoms with Gasteiger partial charge in [-0.2, -0.15) is 0 Å². The van der Waals surface area contributed by atoms with Crippen molar-refractivity contribution < 1.29 is 24.2 Å². The molecular formula is C26H32N2O5. The Hall–Kier alpha value is -3.35. The Labute approximate surface area is 194 Å². The fourth-order valence-electron chi connectivity index (χ4n) is 4.24. The fourth-order valence-corrected chi connectivity index (χ4v) is 4.24. The minimum Gasteiger partial charge on any atom is -0.481 e. The molecule has 0 fully saturated rings. The number of rotatable bonds is 10. The molecule has 1 aliphatic carbocycles. The number of carboxylic acids is 1. The second-order valence-electron chi connectivity index (χ2n) is 8.78. The van der Waals surface area contributed by atoms with E-state index in [2.05, 4.69) is 22.8 Å². The van der Waals surface area contributed by atoms with Crippen molar-refractivity contribution in [3.63, 3.8) is 0 Å². The van der Waals surface area contributed by atoms with Gasteiger partial charge in [-0.25, -0.2) is 4.79 Å². The van der Waals surface area contributed by atoms with E-state index in [1.54, 1.807) is 6.92 Å². The molecule has 0 spiro atoms. The van der Waals surface area contributed by atoms with Crippen molar-refractivity contribution in [3.8, 4) is 11.1 Å². The Balaban J connectivity index is 1.65. The van der Waals surface area contributed by atoms with E-state index in [-0.39, 0.29) is 24.9 Å². The number of alkyl carbamates (subject to hydrolysis) is 1. The third-order valence-corrected chi connectivity index (χ3v) is 6.16. The average Bonchev–Trinajstić information content (AvgIpc) is 3.10. The van der Waals surface area contributed by atoms with Crippen molar-refractivity contribution in [2.45, 2.75) is 58.0 Å². The van der Waals surface area contributed by atoms with Crippen molar-refractivity contribution in [1.29, 1.82) is 0 Å². The number of amides is 2. The molecule has 0 radical (unpaired) electrons. The van der Waals surface area contributed by atoms with E-state index in [0.717, 1.165) is 28.7 Å². The van der Waals surface area contributed by atoms with Crippen LogP contribution in [0.2, 0.25) is 0 Å². The zero-order valence-electron chi connectivity index (χ0n) is 19.3. The number of hydrogen-bond donors (Lipinski definition) is 3. The van der Waals surface area contributed by atoms with Gasteiger partial charge in [0.15, 0.2) is 0 Å². The quantitative estimate of drug-likeness (QED) is 0.498. The molecule has 0 aromatic heterocycles. The van der Waals surface area contributed by atoms with Crippen molar-refractivity contribution in [2.75, 3.05) is 6.61 Å². The third kappa shape index (κ3) is 6.12. The molecule has 2 aromatic carbocycles. The lowest BCUT2D eigenvalue weighted by Gasteiger charge is -2.23. The number of carbonyl (C=O) groups excluding carboxylic acids is 2. The minimum atomic E-state index is -0.995. The van der Waals surface area contributed by atoms with Gasteiger partial charge in [0, 0.05) is 12.0 Å². The van der Waals surface area contributed by atoms with Gasteiger partial charge >= 0.3 is 12.1 Å². The van der Waals surface area contributed by atoms with Gasteiger partial charge in [0.25, 0.3) is 0 Å². The van der Waals surface area contributed by atoms with Gasteiger partial charge in [-0.15, -0.1) is 0 Å². The largest absolute Gasteiger partial charge is 0.481 e. The topological polar surface area (TPSA) is 105 Å². The molecule has 3 N–H and O–H groups in total. The highest BCUT2D eigenvalue weighted by molar-refractivity contribution is 5.86. The molecule has 7 heteroatoms. The van der Waals surface area contributed by atoms with Gasteiger partial charge < -0.3 is 20.5 Å². The molecule has 3 atom stereocenters. The number of carbonyl (C=O) groups is 3. The second-order valence-corrected chi connectivity index (χ2v) is 8.78. The van der Waals surface area contributed by atoms with E-state index in [0.29, 0.717) is 6.42 Å². The molecule has 0 saturated heterocycles. The van der Waals surface area contributed by atoms with Gasteiger partial charge in [0.1, 0.15) is 12.6 Å². The maximum Gasteiger partial charge on any atom is 0.407 e. The molecule has 2 aromatic rings. The highest BCUT2D eigenvalue weighted by Gasteiger charge is 2.30. The van der Waals surface area contributed by atoms with Crippen molar-refractivity contribution in [3.05, 3.63) is 59.7 Å². The van der Waals surface area contributed by atoms with E-state index in [9.17, 15) is 14.4 Å². The fraction of sp³-hybridized carbons (Fsp3) is 0.423. The van der Waals surface area contributed by atoms with Crippen LogP contribution < -0.4 is 10.6 Å². The molecular weight excluding hydrogens is 420 g/mol. The minimum absolute atomic E-state index is 0.0689. The Morgan fingerprint density at radius 2 is 1.55 bits per heavy atom. The Kier molecular flexibility index (Phi) is 8.09. The maximum absolute atomic E-state index is 12.7. The molecule has 7 nitrogen and oxygen atoms in total. The summed E-state index contributed by atoms with van der Waals surface area (Å²) < 4.78 is 5.58. The van der Waals surface area contributed by atoms with Crippen LogP contribution in [0.1, 0.15) is 57.1 Å². The van der Waals surface area contributed by atoms with Gasteiger partial charge in [0.2, 0.25) is 5.91 Å². The van der Waals surface area contributed by atoms with Crippen LogP contribution in [0.4, 0.5) is 4.79 Å². The number of aliphatic carboxylic acids is 1. The normalized spacial score (nSPS) is 15.0. The Morgan fingerprint density at radius 3 is 2.09 bits per heavy atom. The van der Waals surface area contributed by atoms with Gasteiger partial charge in [-0.3, -0.25) is 9.59 Å². The first-order valence-corrected chi connectivity index (χ1v) is 11.4. The lowest BCUT2D eigenvalue weighted by molar-refractivity contribution is -0.137. The first-order chi connectivity index (χ1) is 15.8. The first-order valence-electron chi connectivity index (χ1n) is 11.4. The van der Waals surface area contributed by atoms with Crippen LogP contribution in [0.5, 0.6) is 0 Å². The maximum atomic E-state index is 12.7. The Bertz CT molecular complexity index is 960. The number of carboxylic acid groups (broad SMARTS) is 1. The summed E-state index contributed by atoms with van der Waals surface area (Å²) >= 11 is 0. The third-order valence-electron chi connectivity index (χ3n) is 6.16. The molecule has 176 valence electrons. The predicted octanol–water partition coefficient (Wildman–Crippen LogP) is 4.31. The zero-order valence-corrected chi connectivity index (χ0v) is 19.3. The summed E-state index contributed by atoms with van der Waals surface area (Å²) in [7, 11) is 0. The summed E-state index contributed by atoms with van der Waals surface area (Å²) in [6.07, 6.45) is 0.436. The van der Waals surface area contributed by atoms with Crippen LogP contribution in [0.15, 0.2) is 48.5 Å². The lowest BCUT2D eigenvalue weighted by atomic mass is 9.98. The average molecular weight is 453 g/mol. The summed E-state index contributed by atoms with van der Waals surface area (Å²) in [6.45, 7) is 5.80.